The normalized spacial score (nSPS) is 10.4. The van der Waals surface area contributed by atoms with Crippen molar-refractivity contribution in [2.75, 3.05) is 5.32 Å². The molecule has 0 saturated carbocycles. The van der Waals surface area contributed by atoms with Crippen LogP contribution in [-0.4, -0.2) is 21.0 Å². The van der Waals surface area contributed by atoms with Crippen LogP contribution >= 0.6 is 0 Å². The van der Waals surface area contributed by atoms with Crippen molar-refractivity contribution in [3.8, 4) is 5.75 Å². The van der Waals surface area contributed by atoms with E-state index in [-0.39, 0.29) is 17.2 Å². The maximum absolute atomic E-state index is 12.1. The van der Waals surface area contributed by atoms with Gasteiger partial charge in [-0.2, -0.15) is 0 Å². The largest absolute Gasteiger partial charge is 0.506 e. The highest BCUT2D eigenvalue weighted by molar-refractivity contribution is 6.08. The molecule has 2 N–H and O–H groups in total. The fourth-order valence-electron chi connectivity index (χ4n) is 1.95. The molecule has 0 radical (unpaired) electrons. The summed E-state index contributed by atoms with van der Waals surface area (Å²) in [6.45, 7) is 0. The van der Waals surface area contributed by atoms with E-state index in [1.807, 2.05) is 24.3 Å². The SMILES string of the molecule is O=C(Nc1cccc2cccnc12)c1cncc(O)c1. The third kappa shape index (κ3) is 2.29. The molecule has 0 fully saturated rings. The van der Waals surface area contributed by atoms with E-state index in [0.717, 1.165) is 10.9 Å². The Balaban J connectivity index is 1.95. The summed E-state index contributed by atoms with van der Waals surface area (Å²) in [6, 6.07) is 10.7. The number of carbonyl (C=O) groups is 1. The lowest BCUT2D eigenvalue weighted by Gasteiger charge is -2.07. The number of pyridine rings is 2. The molecule has 0 saturated heterocycles. The molecule has 5 nitrogen and oxygen atoms in total. The van der Waals surface area contributed by atoms with Crippen molar-refractivity contribution in [1.82, 2.24) is 9.97 Å². The maximum Gasteiger partial charge on any atom is 0.257 e. The van der Waals surface area contributed by atoms with Gasteiger partial charge in [0, 0.05) is 17.8 Å². The van der Waals surface area contributed by atoms with Crippen LogP contribution in [0.2, 0.25) is 0 Å². The first-order valence-corrected chi connectivity index (χ1v) is 6.03. The predicted molar refractivity (Wildman–Crippen MR) is 75.6 cm³/mol. The Labute approximate surface area is 114 Å². The molecule has 3 aromatic rings. The van der Waals surface area contributed by atoms with Crippen molar-refractivity contribution < 1.29 is 9.90 Å². The van der Waals surface area contributed by atoms with Crippen molar-refractivity contribution in [2.45, 2.75) is 0 Å². The molecule has 98 valence electrons. The van der Waals surface area contributed by atoms with Crippen LogP contribution in [0.5, 0.6) is 5.75 Å². The highest BCUT2D eigenvalue weighted by atomic mass is 16.3. The molecular weight excluding hydrogens is 254 g/mol. The molecule has 1 aromatic carbocycles. The first-order chi connectivity index (χ1) is 9.74. The van der Waals surface area contributed by atoms with Gasteiger partial charge < -0.3 is 10.4 Å². The number of para-hydroxylation sites is 1. The summed E-state index contributed by atoms with van der Waals surface area (Å²) >= 11 is 0. The minimum Gasteiger partial charge on any atom is -0.506 e. The number of hydrogen-bond donors (Lipinski definition) is 2. The summed E-state index contributed by atoms with van der Waals surface area (Å²) in [7, 11) is 0. The van der Waals surface area contributed by atoms with Crippen molar-refractivity contribution >= 4 is 22.5 Å². The second-order valence-corrected chi connectivity index (χ2v) is 4.27. The fraction of sp³-hybridized carbons (Fsp3) is 0. The van der Waals surface area contributed by atoms with Crippen LogP contribution in [0.4, 0.5) is 5.69 Å². The van der Waals surface area contributed by atoms with E-state index in [4.69, 9.17) is 0 Å². The van der Waals surface area contributed by atoms with Gasteiger partial charge in [0.15, 0.2) is 0 Å². The van der Waals surface area contributed by atoms with E-state index >= 15 is 0 Å². The molecule has 0 spiro atoms. The van der Waals surface area contributed by atoms with Gasteiger partial charge in [-0.3, -0.25) is 14.8 Å². The third-order valence-corrected chi connectivity index (χ3v) is 2.87. The van der Waals surface area contributed by atoms with Gasteiger partial charge in [0.05, 0.1) is 23.0 Å². The van der Waals surface area contributed by atoms with Crippen LogP contribution in [0, 0.1) is 0 Å². The highest BCUT2D eigenvalue weighted by Gasteiger charge is 2.09. The predicted octanol–water partition coefficient (Wildman–Crippen LogP) is 2.59. The molecule has 2 heterocycles. The molecule has 0 bridgehead atoms. The van der Waals surface area contributed by atoms with Gasteiger partial charge in [0.2, 0.25) is 0 Å². The Kier molecular flexibility index (Phi) is 3.01. The second kappa shape index (κ2) is 4.97. The van der Waals surface area contributed by atoms with Gasteiger partial charge in [0.1, 0.15) is 5.75 Å². The quantitative estimate of drug-likeness (QED) is 0.746. The molecule has 0 aliphatic rings. The molecule has 2 aromatic heterocycles. The summed E-state index contributed by atoms with van der Waals surface area (Å²) in [5.74, 6) is -0.389. The van der Waals surface area contributed by atoms with Crippen LogP contribution in [0.15, 0.2) is 55.0 Å². The highest BCUT2D eigenvalue weighted by Crippen LogP contribution is 2.21. The first-order valence-electron chi connectivity index (χ1n) is 6.03. The van der Waals surface area contributed by atoms with Crippen LogP contribution in [0.1, 0.15) is 10.4 Å². The Morgan fingerprint density at radius 1 is 1.15 bits per heavy atom. The zero-order chi connectivity index (χ0) is 13.9. The van der Waals surface area contributed by atoms with Crippen LogP contribution in [0.25, 0.3) is 10.9 Å². The van der Waals surface area contributed by atoms with Gasteiger partial charge in [-0.15, -0.1) is 0 Å². The number of hydrogen-bond acceptors (Lipinski definition) is 4. The first kappa shape index (κ1) is 12.1. The summed E-state index contributed by atoms with van der Waals surface area (Å²) in [5.41, 5.74) is 1.63. The monoisotopic (exact) mass is 265 g/mol. The van der Waals surface area contributed by atoms with Crippen molar-refractivity contribution in [2.24, 2.45) is 0 Å². The van der Waals surface area contributed by atoms with Gasteiger partial charge >= 0.3 is 0 Å². The topological polar surface area (TPSA) is 75.1 Å². The average Bonchev–Trinajstić information content (AvgIpc) is 2.47. The average molecular weight is 265 g/mol. The minimum atomic E-state index is -0.341. The van der Waals surface area contributed by atoms with E-state index in [9.17, 15) is 9.90 Å². The molecule has 0 unspecified atom stereocenters. The van der Waals surface area contributed by atoms with Gasteiger partial charge in [-0.1, -0.05) is 18.2 Å². The number of aromatic nitrogens is 2. The van der Waals surface area contributed by atoms with E-state index in [1.165, 1.54) is 18.5 Å². The number of benzene rings is 1. The zero-order valence-corrected chi connectivity index (χ0v) is 10.4. The molecule has 0 atom stereocenters. The number of rotatable bonds is 2. The summed E-state index contributed by atoms with van der Waals surface area (Å²) in [4.78, 5) is 20.2. The van der Waals surface area contributed by atoms with Crippen molar-refractivity contribution in [3.05, 3.63) is 60.6 Å². The van der Waals surface area contributed by atoms with Crippen LogP contribution in [0.3, 0.4) is 0 Å². The molecule has 5 heteroatoms. The number of carbonyl (C=O) groups excluding carboxylic acids is 1. The lowest BCUT2D eigenvalue weighted by Crippen LogP contribution is -2.12. The van der Waals surface area contributed by atoms with Gasteiger partial charge in [-0.25, -0.2) is 0 Å². The zero-order valence-electron chi connectivity index (χ0n) is 10.4. The molecular formula is C15H11N3O2. The molecule has 3 rings (SSSR count). The number of fused-ring (bicyclic) bond motifs is 1. The van der Waals surface area contributed by atoms with Crippen LogP contribution < -0.4 is 5.32 Å². The van der Waals surface area contributed by atoms with E-state index in [2.05, 4.69) is 15.3 Å². The summed E-state index contributed by atoms with van der Waals surface area (Å²) in [5, 5.41) is 13.1. The Hall–Kier alpha value is -2.95. The lowest BCUT2D eigenvalue weighted by molar-refractivity contribution is 0.102. The van der Waals surface area contributed by atoms with E-state index in [1.54, 1.807) is 12.3 Å². The van der Waals surface area contributed by atoms with Crippen molar-refractivity contribution in [3.63, 3.8) is 0 Å². The molecule has 0 aliphatic carbocycles. The number of nitrogens with zero attached hydrogens (tertiary/aromatic N) is 2. The Morgan fingerprint density at radius 3 is 2.85 bits per heavy atom. The smallest absolute Gasteiger partial charge is 0.257 e. The number of aromatic hydroxyl groups is 1. The maximum atomic E-state index is 12.1. The van der Waals surface area contributed by atoms with Gasteiger partial charge in [-0.05, 0) is 18.2 Å². The Morgan fingerprint density at radius 2 is 2.00 bits per heavy atom. The number of anilines is 1. The Bertz CT molecular complexity index is 781. The van der Waals surface area contributed by atoms with E-state index in [0.29, 0.717) is 5.69 Å². The van der Waals surface area contributed by atoms with Crippen LogP contribution in [-0.2, 0) is 0 Å². The molecule has 0 aliphatic heterocycles. The summed E-state index contributed by atoms with van der Waals surface area (Å²) < 4.78 is 0. The van der Waals surface area contributed by atoms with Gasteiger partial charge in [0.25, 0.3) is 5.91 Å². The van der Waals surface area contributed by atoms with E-state index < -0.39 is 0 Å². The molecule has 1 amide bonds. The molecule has 20 heavy (non-hydrogen) atoms. The number of amides is 1. The fourth-order valence-corrected chi connectivity index (χ4v) is 1.95. The minimum absolute atomic E-state index is 0.0475. The lowest BCUT2D eigenvalue weighted by atomic mass is 10.2. The third-order valence-electron chi connectivity index (χ3n) is 2.87. The summed E-state index contributed by atoms with van der Waals surface area (Å²) in [6.07, 6.45) is 4.34. The van der Waals surface area contributed by atoms with Crippen molar-refractivity contribution in [1.29, 1.82) is 0 Å². The second-order valence-electron chi connectivity index (χ2n) is 4.27. The number of nitrogens with one attached hydrogen (secondary N) is 1. The standard InChI is InChI=1S/C15H11N3O2/c19-12-7-11(8-16-9-12)15(20)18-13-5-1-3-10-4-2-6-17-14(10)13/h1-9,19H,(H,18,20).